The molecule has 3 heteroatoms. The second-order valence-corrected chi connectivity index (χ2v) is 5.50. The molecule has 1 N–H and O–H groups in total. The zero-order valence-corrected chi connectivity index (χ0v) is 11.1. The van der Waals surface area contributed by atoms with E-state index in [1.165, 1.54) is 0 Å². The molecule has 3 rings (SSSR count). The van der Waals surface area contributed by atoms with Crippen molar-refractivity contribution in [3.05, 3.63) is 47.5 Å². The normalized spacial score (nSPS) is 11.0. The van der Waals surface area contributed by atoms with Crippen LogP contribution in [-0.2, 0) is 0 Å². The molecule has 0 unspecified atom stereocenters. The first-order chi connectivity index (χ1) is 8.65. The van der Waals surface area contributed by atoms with Crippen LogP contribution in [0.5, 0.6) is 5.75 Å². The van der Waals surface area contributed by atoms with E-state index in [2.05, 4.69) is 11.1 Å². The topological polar surface area (TPSA) is 33.1 Å². The molecule has 3 aromatic rings. The maximum Gasteiger partial charge on any atom is 0.128 e. The van der Waals surface area contributed by atoms with Crippen LogP contribution in [0.1, 0.15) is 11.1 Å². The monoisotopic (exact) mass is 255 g/mol. The predicted octanol–water partition coefficient (Wildman–Crippen LogP) is 4.29. The minimum atomic E-state index is 0.333. The van der Waals surface area contributed by atoms with Crippen molar-refractivity contribution >= 4 is 21.6 Å². The third-order valence-electron chi connectivity index (χ3n) is 2.97. The Morgan fingerprint density at radius 3 is 2.67 bits per heavy atom. The molecule has 0 radical (unpaired) electrons. The van der Waals surface area contributed by atoms with Gasteiger partial charge in [0.1, 0.15) is 10.8 Å². The van der Waals surface area contributed by atoms with Crippen LogP contribution in [-0.4, -0.2) is 10.1 Å². The van der Waals surface area contributed by atoms with Crippen molar-refractivity contribution in [1.29, 1.82) is 0 Å². The zero-order valence-electron chi connectivity index (χ0n) is 10.3. The summed E-state index contributed by atoms with van der Waals surface area (Å²) in [5.74, 6) is 0.333. The molecule has 0 fully saturated rings. The minimum Gasteiger partial charge on any atom is -0.507 e. The van der Waals surface area contributed by atoms with Gasteiger partial charge in [0.25, 0.3) is 0 Å². The molecule has 0 bridgehead atoms. The summed E-state index contributed by atoms with van der Waals surface area (Å²) in [5.41, 5.74) is 3.84. The molecule has 0 saturated carbocycles. The first-order valence-electron chi connectivity index (χ1n) is 5.81. The second-order valence-electron chi connectivity index (χ2n) is 4.46. The number of fused-ring (bicyclic) bond motifs is 1. The lowest BCUT2D eigenvalue weighted by molar-refractivity contribution is 0.473. The van der Waals surface area contributed by atoms with Crippen molar-refractivity contribution in [2.75, 3.05) is 0 Å². The molecule has 2 nitrogen and oxygen atoms in total. The van der Waals surface area contributed by atoms with Crippen LogP contribution in [0.2, 0.25) is 0 Å². The number of phenolic OH excluding ortho intramolecular Hbond substituents is 1. The SMILES string of the molecule is Cc1cc(C)c(O)c(-c2nc3ccccc3s2)c1. The highest BCUT2D eigenvalue weighted by atomic mass is 32.1. The van der Waals surface area contributed by atoms with E-state index in [1.54, 1.807) is 11.3 Å². The van der Waals surface area contributed by atoms with Gasteiger partial charge in [-0.1, -0.05) is 18.2 Å². The number of aromatic nitrogens is 1. The molecule has 2 aromatic carbocycles. The van der Waals surface area contributed by atoms with Crippen LogP contribution in [0.4, 0.5) is 0 Å². The van der Waals surface area contributed by atoms with Gasteiger partial charge in [0.2, 0.25) is 0 Å². The third-order valence-corrected chi connectivity index (χ3v) is 4.04. The maximum atomic E-state index is 10.2. The molecule has 0 aliphatic heterocycles. The van der Waals surface area contributed by atoms with E-state index >= 15 is 0 Å². The van der Waals surface area contributed by atoms with Gasteiger partial charge in [-0.05, 0) is 43.2 Å². The standard InChI is InChI=1S/C15H13NOS/c1-9-7-10(2)14(17)11(8-9)15-16-12-5-3-4-6-13(12)18-15/h3-8,17H,1-2H3. The smallest absolute Gasteiger partial charge is 0.128 e. The molecular weight excluding hydrogens is 242 g/mol. The first kappa shape index (κ1) is 11.2. The Hall–Kier alpha value is -1.87. The van der Waals surface area contributed by atoms with Gasteiger partial charge in [-0.2, -0.15) is 0 Å². The number of aryl methyl sites for hydroxylation is 2. The largest absolute Gasteiger partial charge is 0.507 e. The van der Waals surface area contributed by atoms with Crippen molar-refractivity contribution in [2.45, 2.75) is 13.8 Å². The molecule has 0 saturated heterocycles. The van der Waals surface area contributed by atoms with Crippen molar-refractivity contribution in [1.82, 2.24) is 4.98 Å². The maximum absolute atomic E-state index is 10.2. The number of hydrogen-bond acceptors (Lipinski definition) is 3. The van der Waals surface area contributed by atoms with E-state index < -0.39 is 0 Å². The van der Waals surface area contributed by atoms with E-state index in [1.807, 2.05) is 44.2 Å². The number of para-hydroxylation sites is 1. The highest BCUT2D eigenvalue weighted by molar-refractivity contribution is 7.21. The minimum absolute atomic E-state index is 0.333. The Morgan fingerprint density at radius 1 is 1.11 bits per heavy atom. The number of thiazole rings is 1. The summed E-state index contributed by atoms with van der Waals surface area (Å²) < 4.78 is 1.14. The molecule has 0 amide bonds. The summed E-state index contributed by atoms with van der Waals surface area (Å²) in [7, 11) is 0. The summed E-state index contributed by atoms with van der Waals surface area (Å²) in [4.78, 5) is 4.58. The number of phenols is 1. The highest BCUT2D eigenvalue weighted by Crippen LogP contribution is 2.37. The lowest BCUT2D eigenvalue weighted by Gasteiger charge is -2.06. The molecule has 18 heavy (non-hydrogen) atoms. The van der Waals surface area contributed by atoms with Gasteiger partial charge in [-0.3, -0.25) is 0 Å². The lowest BCUT2D eigenvalue weighted by Crippen LogP contribution is -1.84. The molecule has 0 aliphatic carbocycles. The molecule has 0 aliphatic rings. The van der Waals surface area contributed by atoms with Crippen LogP contribution in [0.3, 0.4) is 0 Å². The highest BCUT2D eigenvalue weighted by Gasteiger charge is 2.12. The quantitative estimate of drug-likeness (QED) is 0.703. The van der Waals surface area contributed by atoms with Gasteiger partial charge < -0.3 is 5.11 Å². The van der Waals surface area contributed by atoms with Crippen LogP contribution < -0.4 is 0 Å². The fourth-order valence-electron chi connectivity index (χ4n) is 2.11. The Labute approximate surface area is 110 Å². The zero-order chi connectivity index (χ0) is 12.7. The summed E-state index contributed by atoms with van der Waals surface area (Å²) in [6.07, 6.45) is 0. The number of benzene rings is 2. The van der Waals surface area contributed by atoms with Crippen LogP contribution >= 0.6 is 11.3 Å². The van der Waals surface area contributed by atoms with Crippen LogP contribution in [0.25, 0.3) is 20.8 Å². The Bertz CT molecular complexity index is 697. The summed E-state index contributed by atoms with van der Waals surface area (Å²) >= 11 is 1.61. The number of nitrogens with zero attached hydrogens (tertiary/aromatic N) is 1. The van der Waals surface area contributed by atoms with Gasteiger partial charge in [-0.25, -0.2) is 4.98 Å². The van der Waals surface area contributed by atoms with E-state index in [0.29, 0.717) is 5.75 Å². The Balaban J connectivity index is 2.26. The fraction of sp³-hybridized carbons (Fsp3) is 0.133. The summed E-state index contributed by atoms with van der Waals surface area (Å²) in [6.45, 7) is 3.95. The van der Waals surface area contributed by atoms with Gasteiger partial charge >= 0.3 is 0 Å². The van der Waals surface area contributed by atoms with Crippen molar-refractivity contribution in [3.63, 3.8) is 0 Å². The van der Waals surface area contributed by atoms with Gasteiger partial charge in [0.15, 0.2) is 0 Å². The first-order valence-corrected chi connectivity index (χ1v) is 6.63. The second kappa shape index (κ2) is 4.10. The Morgan fingerprint density at radius 2 is 1.89 bits per heavy atom. The molecular formula is C15H13NOS. The third kappa shape index (κ3) is 1.77. The molecule has 1 aromatic heterocycles. The number of aromatic hydroxyl groups is 1. The van der Waals surface area contributed by atoms with Crippen LogP contribution in [0.15, 0.2) is 36.4 Å². The fourth-order valence-corrected chi connectivity index (χ4v) is 3.09. The Kier molecular flexibility index (Phi) is 2.56. The van der Waals surface area contributed by atoms with Crippen molar-refractivity contribution < 1.29 is 5.11 Å². The van der Waals surface area contributed by atoms with Gasteiger partial charge in [-0.15, -0.1) is 11.3 Å². The molecule has 1 heterocycles. The van der Waals surface area contributed by atoms with Gasteiger partial charge in [0.05, 0.1) is 15.8 Å². The van der Waals surface area contributed by atoms with Gasteiger partial charge in [0, 0.05) is 0 Å². The van der Waals surface area contributed by atoms with Crippen molar-refractivity contribution in [2.24, 2.45) is 0 Å². The molecule has 90 valence electrons. The predicted molar refractivity (Wildman–Crippen MR) is 76.2 cm³/mol. The van der Waals surface area contributed by atoms with Crippen LogP contribution in [0, 0.1) is 13.8 Å². The van der Waals surface area contributed by atoms with Crippen molar-refractivity contribution in [3.8, 4) is 16.3 Å². The van der Waals surface area contributed by atoms with E-state index in [-0.39, 0.29) is 0 Å². The van der Waals surface area contributed by atoms with E-state index in [0.717, 1.165) is 31.9 Å². The average molecular weight is 255 g/mol. The van der Waals surface area contributed by atoms with E-state index in [4.69, 9.17) is 0 Å². The average Bonchev–Trinajstić information content (AvgIpc) is 2.77. The molecule has 0 atom stereocenters. The summed E-state index contributed by atoms with van der Waals surface area (Å²) in [6, 6.07) is 12.0. The molecule has 0 spiro atoms. The summed E-state index contributed by atoms with van der Waals surface area (Å²) in [5, 5.41) is 11.0. The number of rotatable bonds is 1. The lowest BCUT2D eigenvalue weighted by atomic mass is 10.1. The van der Waals surface area contributed by atoms with E-state index in [9.17, 15) is 5.11 Å². The number of hydrogen-bond donors (Lipinski definition) is 1.